The summed E-state index contributed by atoms with van der Waals surface area (Å²) in [6, 6.07) is 6.13. The van der Waals surface area contributed by atoms with E-state index in [1.165, 1.54) is 27.8 Å². The molecule has 0 atom stereocenters. The van der Waals surface area contributed by atoms with Crippen LogP contribution in [0.3, 0.4) is 0 Å². The SMILES string of the molecule is CCSc1nnc(NCC(=O)c2ccc(S(=O)(=O)N3CCCC3)cc2)s1. The van der Waals surface area contributed by atoms with E-state index in [4.69, 9.17) is 0 Å². The molecule has 1 aliphatic rings. The van der Waals surface area contributed by atoms with Crippen LogP contribution >= 0.6 is 23.1 Å². The molecule has 1 N–H and O–H groups in total. The molecule has 2 heterocycles. The number of nitrogens with zero attached hydrogens (tertiary/aromatic N) is 3. The Morgan fingerprint density at radius 2 is 1.92 bits per heavy atom. The first-order chi connectivity index (χ1) is 12.5. The van der Waals surface area contributed by atoms with Crippen molar-refractivity contribution >= 4 is 44.0 Å². The molecule has 0 amide bonds. The molecule has 0 unspecified atom stereocenters. The number of aromatic nitrogens is 2. The third-order valence-electron chi connectivity index (χ3n) is 3.95. The lowest BCUT2D eigenvalue weighted by Gasteiger charge is -2.15. The van der Waals surface area contributed by atoms with Crippen molar-refractivity contribution in [2.75, 3.05) is 30.7 Å². The van der Waals surface area contributed by atoms with Gasteiger partial charge in [0.1, 0.15) is 0 Å². The van der Waals surface area contributed by atoms with Crippen molar-refractivity contribution in [3.63, 3.8) is 0 Å². The van der Waals surface area contributed by atoms with Crippen molar-refractivity contribution in [3.8, 4) is 0 Å². The summed E-state index contributed by atoms with van der Waals surface area (Å²) < 4.78 is 27.3. The molecule has 1 aromatic carbocycles. The predicted molar refractivity (Wildman–Crippen MR) is 104 cm³/mol. The van der Waals surface area contributed by atoms with E-state index in [-0.39, 0.29) is 17.2 Å². The van der Waals surface area contributed by atoms with E-state index >= 15 is 0 Å². The smallest absolute Gasteiger partial charge is 0.243 e. The van der Waals surface area contributed by atoms with Gasteiger partial charge in [-0.2, -0.15) is 4.31 Å². The van der Waals surface area contributed by atoms with Crippen LogP contribution in [0.15, 0.2) is 33.5 Å². The van der Waals surface area contributed by atoms with Crippen LogP contribution < -0.4 is 5.32 Å². The topological polar surface area (TPSA) is 92.3 Å². The fraction of sp³-hybridized carbons (Fsp3) is 0.438. The highest BCUT2D eigenvalue weighted by molar-refractivity contribution is 8.01. The van der Waals surface area contributed by atoms with Crippen LogP contribution in [0.2, 0.25) is 0 Å². The average Bonchev–Trinajstić information content (AvgIpc) is 3.32. The van der Waals surface area contributed by atoms with Crippen LogP contribution in [0.5, 0.6) is 0 Å². The molecule has 0 aliphatic carbocycles. The maximum atomic E-state index is 12.5. The molecular formula is C16H20N4O3S3. The van der Waals surface area contributed by atoms with Crippen LogP contribution in [0.1, 0.15) is 30.1 Å². The van der Waals surface area contributed by atoms with Crippen molar-refractivity contribution < 1.29 is 13.2 Å². The van der Waals surface area contributed by atoms with Gasteiger partial charge in [-0.1, -0.05) is 30.0 Å². The summed E-state index contributed by atoms with van der Waals surface area (Å²) in [5.41, 5.74) is 0.463. The summed E-state index contributed by atoms with van der Waals surface area (Å²) in [5.74, 6) is 0.787. The molecule has 7 nitrogen and oxygen atoms in total. The summed E-state index contributed by atoms with van der Waals surface area (Å²) in [5, 5.41) is 11.6. The number of nitrogens with one attached hydrogen (secondary N) is 1. The molecule has 1 aromatic heterocycles. The Kier molecular flexibility index (Phi) is 6.28. The minimum Gasteiger partial charge on any atom is -0.353 e. The number of benzene rings is 1. The number of ketones is 1. The summed E-state index contributed by atoms with van der Waals surface area (Å²) in [6.07, 6.45) is 1.79. The second-order valence-corrected chi connectivity index (χ2v) is 10.1. The summed E-state index contributed by atoms with van der Waals surface area (Å²) in [4.78, 5) is 12.5. The van der Waals surface area contributed by atoms with Crippen LogP contribution in [0, 0.1) is 0 Å². The molecule has 3 rings (SSSR count). The Morgan fingerprint density at radius 3 is 2.58 bits per heavy atom. The maximum Gasteiger partial charge on any atom is 0.243 e. The molecule has 26 heavy (non-hydrogen) atoms. The molecule has 140 valence electrons. The van der Waals surface area contributed by atoms with Crippen molar-refractivity contribution in [1.82, 2.24) is 14.5 Å². The van der Waals surface area contributed by atoms with Gasteiger partial charge in [0.2, 0.25) is 15.2 Å². The highest BCUT2D eigenvalue weighted by Crippen LogP contribution is 2.25. The number of thioether (sulfide) groups is 1. The van der Waals surface area contributed by atoms with Gasteiger partial charge in [-0.05, 0) is 42.9 Å². The van der Waals surface area contributed by atoms with Gasteiger partial charge in [0.25, 0.3) is 0 Å². The van der Waals surface area contributed by atoms with Gasteiger partial charge in [-0.3, -0.25) is 4.79 Å². The Hall–Kier alpha value is -1.49. The molecule has 0 radical (unpaired) electrons. The fourth-order valence-corrected chi connectivity index (χ4v) is 5.77. The molecule has 1 fully saturated rings. The third kappa shape index (κ3) is 4.43. The second-order valence-electron chi connectivity index (χ2n) is 5.72. The van der Waals surface area contributed by atoms with Crippen LogP contribution in [0.25, 0.3) is 0 Å². The number of sulfonamides is 1. The van der Waals surface area contributed by atoms with Gasteiger partial charge in [-0.25, -0.2) is 8.42 Å². The molecule has 1 saturated heterocycles. The Balaban J connectivity index is 1.61. The Labute approximate surface area is 161 Å². The molecular weight excluding hydrogens is 392 g/mol. The second kappa shape index (κ2) is 8.47. The number of carbonyl (C=O) groups excluding carboxylic acids is 1. The number of carbonyl (C=O) groups is 1. The summed E-state index contributed by atoms with van der Waals surface area (Å²) in [6.45, 7) is 3.25. The van der Waals surface area contributed by atoms with E-state index in [1.807, 2.05) is 6.92 Å². The van der Waals surface area contributed by atoms with E-state index < -0.39 is 10.0 Å². The van der Waals surface area contributed by atoms with Crippen LogP contribution in [-0.2, 0) is 10.0 Å². The minimum atomic E-state index is -3.45. The van der Waals surface area contributed by atoms with Crippen LogP contribution in [0.4, 0.5) is 5.13 Å². The number of anilines is 1. The van der Waals surface area contributed by atoms with E-state index in [2.05, 4.69) is 15.5 Å². The maximum absolute atomic E-state index is 12.5. The highest BCUT2D eigenvalue weighted by atomic mass is 32.2. The number of rotatable bonds is 8. The van der Waals surface area contributed by atoms with E-state index in [0.29, 0.717) is 23.8 Å². The van der Waals surface area contributed by atoms with Gasteiger partial charge < -0.3 is 5.32 Å². The van der Waals surface area contributed by atoms with Crippen molar-refractivity contribution in [2.45, 2.75) is 29.0 Å². The van der Waals surface area contributed by atoms with E-state index in [9.17, 15) is 13.2 Å². The summed E-state index contributed by atoms with van der Waals surface area (Å²) >= 11 is 3.01. The lowest BCUT2D eigenvalue weighted by Crippen LogP contribution is -2.27. The molecule has 2 aromatic rings. The van der Waals surface area contributed by atoms with Crippen molar-refractivity contribution in [2.24, 2.45) is 0 Å². The van der Waals surface area contributed by atoms with E-state index in [1.54, 1.807) is 23.9 Å². The quantitative estimate of drug-likeness (QED) is 0.526. The lowest BCUT2D eigenvalue weighted by molar-refractivity contribution is 0.101. The Morgan fingerprint density at radius 1 is 1.23 bits per heavy atom. The first-order valence-electron chi connectivity index (χ1n) is 8.34. The monoisotopic (exact) mass is 412 g/mol. The highest BCUT2D eigenvalue weighted by Gasteiger charge is 2.27. The number of hydrogen-bond donors (Lipinski definition) is 1. The Bertz CT molecular complexity index is 859. The molecule has 0 spiro atoms. The molecule has 1 aliphatic heterocycles. The number of Topliss-reactive ketones (excluding diaryl/α,β-unsaturated/α-hetero) is 1. The predicted octanol–water partition coefficient (Wildman–Crippen LogP) is 2.73. The first-order valence-corrected chi connectivity index (χ1v) is 11.6. The summed E-state index contributed by atoms with van der Waals surface area (Å²) in [7, 11) is -3.45. The lowest BCUT2D eigenvalue weighted by atomic mass is 10.1. The van der Waals surface area contributed by atoms with Crippen LogP contribution in [-0.4, -0.2) is 54.1 Å². The largest absolute Gasteiger partial charge is 0.353 e. The molecule has 10 heteroatoms. The van der Waals surface area contributed by atoms with Crippen molar-refractivity contribution in [3.05, 3.63) is 29.8 Å². The standard InChI is InChI=1S/C16H20N4O3S3/c1-2-24-16-19-18-15(25-16)17-11-14(21)12-5-7-13(8-6-12)26(22,23)20-9-3-4-10-20/h5-8H,2-4,9-11H2,1H3,(H,17,18). The normalized spacial score (nSPS) is 15.3. The first kappa shape index (κ1) is 19.3. The van der Waals surface area contributed by atoms with Gasteiger partial charge in [-0.15, -0.1) is 10.2 Å². The van der Waals surface area contributed by atoms with Gasteiger partial charge in [0, 0.05) is 18.7 Å². The van der Waals surface area contributed by atoms with Gasteiger partial charge in [0.05, 0.1) is 11.4 Å². The van der Waals surface area contributed by atoms with Gasteiger partial charge >= 0.3 is 0 Å². The number of hydrogen-bond acceptors (Lipinski definition) is 8. The zero-order valence-corrected chi connectivity index (χ0v) is 16.8. The average molecular weight is 413 g/mol. The molecule has 0 bridgehead atoms. The molecule has 0 saturated carbocycles. The zero-order chi connectivity index (χ0) is 18.6. The minimum absolute atomic E-state index is 0.0870. The zero-order valence-electron chi connectivity index (χ0n) is 14.3. The van der Waals surface area contributed by atoms with Gasteiger partial charge in [0.15, 0.2) is 10.1 Å². The third-order valence-corrected chi connectivity index (χ3v) is 7.76. The van der Waals surface area contributed by atoms with Crippen molar-refractivity contribution in [1.29, 1.82) is 0 Å². The fourth-order valence-electron chi connectivity index (χ4n) is 2.61. The van der Waals surface area contributed by atoms with E-state index in [0.717, 1.165) is 22.9 Å².